The van der Waals surface area contributed by atoms with E-state index in [1.165, 1.54) is 15.8 Å². The summed E-state index contributed by atoms with van der Waals surface area (Å²) >= 11 is 1.73. The van der Waals surface area contributed by atoms with Crippen molar-refractivity contribution in [3.05, 3.63) is 48.3 Å². The third kappa shape index (κ3) is 2.50. The highest BCUT2D eigenvalue weighted by Crippen LogP contribution is 2.31. The second kappa shape index (κ2) is 5.47. The summed E-state index contributed by atoms with van der Waals surface area (Å²) in [6, 6.07) is 10.5. The zero-order valence-electron chi connectivity index (χ0n) is 10.8. The Morgan fingerprint density at radius 2 is 2.11 bits per heavy atom. The van der Waals surface area contributed by atoms with E-state index in [1.54, 1.807) is 11.3 Å². The maximum atomic E-state index is 4.69. The normalized spacial score (nSPS) is 11.0. The average molecular weight is 269 g/mol. The zero-order valence-corrected chi connectivity index (χ0v) is 11.6. The molecule has 0 saturated carbocycles. The molecule has 0 atom stereocenters. The van der Waals surface area contributed by atoms with E-state index in [0.717, 1.165) is 23.5 Å². The van der Waals surface area contributed by atoms with E-state index >= 15 is 0 Å². The number of nitrogens with one attached hydrogen (secondary N) is 1. The van der Waals surface area contributed by atoms with Crippen LogP contribution in [0.15, 0.2) is 42.7 Å². The Kier molecular flexibility index (Phi) is 3.53. The van der Waals surface area contributed by atoms with Crippen LogP contribution < -0.4 is 5.32 Å². The van der Waals surface area contributed by atoms with Gasteiger partial charge < -0.3 is 5.32 Å². The fraction of sp³-hybridized carbons (Fsp3) is 0.200. The second-order valence-electron chi connectivity index (χ2n) is 4.37. The first-order valence-corrected chi connectivity index (χ1v) is 7.13. The molecule has 2 heterocycles. The molecule has 4 heteroatoms. The first kappa shape index (κ1) is 12.3. The van der Waals surface area contributed by atoms with Gasteiger partial charge in [0, 0.05) is 11.8 Å². The molecule has 0 aliphatic heterocycles. The molecule has 19 heavy (non-hydrogen) atoms. The molecule has 2 aromatic heterocycles. The summed E-state index contributed by atoms with van der Waals surface area (Å²) in [6.07, 6.45) is 4.66. The lowest BCUT2D eigenvalue weighted by Gasteiger charge is -2.06. The topological polar surface area (TPSA) is 37.8 Å². The molecule has 96 valence electrons. The number of rotatable bonds is 4. The summed E-state index contributed by atoms with van der Waals surface area (Å²) in [5.74, 6) is 0. The molecule has 0 unspecified atom stereocenters. The van der Waals surface area contributed by atoms with Crippen LogP contribution in [0.2, 0.25) is 0 Å². The van der Waals surface area contributed by atoms with Crippen LogP contribution in [-0.2, 0) is 6.42 Å². The molecule has 3 nitrogen and oxygen atoms in total. The molecule has 0 fully saturated rings. The number of nitrogens with zero attached hydrogens (tertiary/aromatic N) is 2. The maximum Gasteiger partial charge on any atom is 0.124 e. The molecule has 0 spiro atoms. The largest absolute Gasteiger partial charge is 0.319 e. The number of hydrogen-bond acceptors (Lipinski definition) is 4. The Morgan fingerprint density at radius 1 is 1.21 bits per heavy atom. The number of aromatic nitrogens is 2. The predicted molar refractivity (Wildman–Crippen MR) is 80.5 cm³/mol. The SMILES string of the molecule is CNCCc1ccccc1-c1nc2cnccc2s1. The fourth-order valence-corrected chi connectivity index (χ4v) is 3.10. The van der Waals surface area contributed by atoms with Gasteiger partial charge in [-0.2, -0.15) is 0 Å². The molecule has 3 aromatic rings. The Bertz CT molecular complexity index is 657. The fourth-order valence-electron chi connectivity index (χ4n) is 2.10. The highest BCUT2D eigenvalue weighted by atomic mass is 32.1. The minimum Gasteiger partial charge on any atom is -0.319 e. The number of benzene rings is 1. The van der Waals surface area contributed by atoms with Gasteiger partial charge in [-0.15, -0.1) is 11.3 Å². The van der Waals surface area contributed by atoms with E-state index in [0.29, 0.717) is 0 Å². The lowest BCUT2D eigenvalue weighted by Crippen LogP contribution is -2.10. The van der Waals surface area contributed by atoms with Crippen molar-refractivity contribution in [1.29, 1.82) is 0 Å². The summed E-state index contributed by atoms with van der Waals surface area (Å²) in [5, 5.41) is 4.27. The van der Waals surface area contributed by atoms with Crippen molar-refractivity contribution in [3.8, 4) is 10.6 Å². The van der Waals surface area contributed by atoms with E-state index in [2.05, 4.69) is 39.6 Å². The van der Waals surface area contributed by atoms with Gasteiger partial charge in [0.05, 0.1) is 10.9 Å². The van der Waals surface area contributed by atoms with Crippen LogP contribution in [0, 0.1) is 0 Å². The highest BCUT2D eigenvalue weighted by molar-refractivity contribution is 7.21. The molecule has 0 amide bonds. The van der Waals surface area contributed by atoms with Crippen LogP contribution in [0.1, 0.15) is 5.56 Å². The van der Waals surface area contributed by atoms with Crippen molar-refractivity contribution >= 4 is 21.6 Å². The molecule has 1 aromatic carbocycles. The molecule has 0 aliphatic rings. The molecular formula is C15H15N3S. The summed E-state index contributed by atoms with van der Waals surface area (Å²) < 4.78 is 1.19. The predicted octanol–water partition coefficient (Wildman–Crippen LogP) is 3.12. The summed E-state index contributed by atoms with van der Waals surface area (Å²) in [6.45, 7) is 0.976. The minimum absolute atomic E-state index is 0.976. The van der Waals surface area contributed by atoms with Gasteiger partial charge in [-0.25, -0.2) is 4.98 Å². The van der Waals surface area contributed by atoms with Crippen LogP contribution >= 0.6 is 11.3 Å². The summed E-state index contributed by atoms with van der Waals surface area (Å²) in [7, 11) is 1.98. The lowest BCUT2D eigenvalue weighted by molar-refractivity contribution is 0.792. The van der Waals surface area contributed by atoms with Gasteiger partial charge >= 0.3 is 0 Å². The molecule has 0 saturated heterocycles. The Hall–Kier alpha value is -1.78. The van der Waals surface area contributed by atoms with Crippen molar-refractivity contribution in [3.63, 3.8) is 0 Å². The van der Waals surface area contributed by atoms with Gasteiger partial charge in [0.25, 0.3) is 0 Å². The van der Waals surface area contributed by atoms with Crippen molar-refractivity contribution in [1.82, 2.24) is 15.3 Å². The van der Waals surface area contributed by atoms with Gasteiger partial charge in [0.2, 0.25) is 0 Å². The smallest absolute Gasteiger partial charge is 0.124 e. The summed E-state index contributed by atoms with van der Waals surface area (Å²) in [4.78, 5) is 8.81. The number of pyridine rings is 1. The standard InChI is InChI=1S/C15H15N3S/c1-16-8-6-11-4-2-3-5-12(11)15-18-13-10-17-9-7-14(13)19-15/h2-5,7,9-10,16H,6,8H2,1H3. The van der Waals surface area contributed by atoms with E-state index in [9.17, 15) is 0 Å². The molecule has 0 radical (unpaired) electrons. The zero-order chi connectivity index (χ0) is 13.1. The number of likely N-dealkylation sites (N-methyl/N-ethyl adjacent to an activating group) is 1. The van der Waals surface area contributed by atoms with Crippen LogP contribution in [0.3, 0.4) is 0 Å². The van der Waals surface area contributed by atoms with Crippen LogP contribution in [0.25, 0.3) is 20.8 Å². The van der Waals surface area contributed by atoms with Gasteiger partial charge in [0.15, 0.2) is 0 Å². The Balaban J connectivity index is 2.05. The third-order valence-corrected chi connectivity index (χ3v) is 4.15. The molecule has 0 aliphatic carbocycles. The third-order valence-electron chi connectivity index (χ3n) is 3.08. The van der Waals surface area contributed by atoms with Crippen LogP contribution in [0.4, 0.5) is 0 Å². The number of thiazole rings is 1. The minimum atomic E-state index is 0.976. The van der Waals surface area contributed by atoms with Gasteiger partial charge in [0.1, 0.15) is 10.5 Å². The van der Waals surface area contributed by atoms with Crippen molar-refractivity contribution < 1.29 is 0 Å². The number of fused-ring (bicyclic) bond motifs is 1. The van der Waals surface area contributed by atoms with E-state index in [4.69, 9.17) is 0 Å². The maximum absolute atomic E-state index is 4.69. The first-order chi connectivity index (χ1) is 9.38. The first-order valence-electron chi connectivity index (χ1n) is 6.32. The lowest BCUT2D eigenvalue weighted by atomic mass is 10.1. The van der Waals surface area contributed by atoms with Crippen LogP contribution in [-0.4, -0.2) is 23.6 Å². The van der Waals surface area contributed by atoms with Crippen molar-refractivity contribution in [2.24, 2.45) is 0 Å². The van der Waals surface area contributed by atoms with E-state index in [1.807, 2.05) is 25.5 Å². The quantitative estimate of drug-likeness (QED) is 0.791. The van der Waals surface area contributed by atoms with Crippen molar-refractivity contribution in [2.45, 2.75) is 6.42 Å². The van der Waals surface area contributed by atoms with Crippen molar-refractivity contribution in [2.75, 3.05) is 13.6 Å². The van der Waals surface area contributed by atoms with E-state index < -0.39 is 0 Å². The molecular weight excluding hydrogens is 254 g/mol. The Morgan fingerprint density at radius 3 is 2.95 bits per heavy atom. The average Bonchev–Trinajstić information content (AvgIpc) is 2.89. The Labute approximate surface area is 116 Å². The molecule has 3 rings (SSSR count). The monoisotopic (exact) mass is 269 g/mol. The molecule has 1 N–H and O–H groups in total. The van der Waals surface area contributed by atoms with Gasteiger partial charge in [-0.1, -0.05) is 24.3 Å². The van der Waals surface area contributed by atoms with Gasteiger partial charge in [-0.3, -0.25) is 4.98 Å². The van der Waals surface area contributed by atoms with E-state index in [-0.39, 0.29) is 0 Å². The van der Waals surface area contributed by atoms with Gasteiger partial charge in [-0.05, 0) is 31.6 Å². The second-order valence-corrected chi connectivity index (χ2v) is 5.40. The number of hydrogen-bond donors (Lipinski definition) is 1. The summed E-state index contributed by atoms with van der Waals surface area (Å²) in [5.41, 5.74) is 3.55. The highest BCUT2D eigenvalue weighted by Gasteiger charge is 2.09. The van der Waals surface area contributed by atoms with Crippen LogP contribution in [0.5, 0.6) is 0 Å². The molecule has 0 bridgehead atoms.